The topological polar surface area (TPSA) is 62.7 Å². The van der Waals surface area contributed by atoms with E-state index in [4.69, 9.17) is 14.6 Å². The molecule has 1 aromatic carbocycles. The van der Waals surface area contributed by atoms with Crippen molar-refractivity contribution in [2.45, 2.75) is 64.6 Å². The van der Waals surface area contributed by atoms with Crippen LogP contribution in [-0.2, 0) is 22.6 Å². The van der Waals surface area contributed by atoms with Gasteiger partial charge in [0.25, 0.3) is 6.47 Å². The Labute approximate surface area is 190 Å². The Morgan fingerprint density at radius 3 is 2.61 bits per heavy atom. The second-order valence-electron chi connectivity index (χ2n) is 8.81. The molecule has 2 fully saturated rings. The Morgan fingerprint density at radius 2 is 1.94 bits per heavy atom. The maximum Gasteiger partial charge on any atom is 0.290 e. The molecule has 4 rings (SSSR count). The first-order valence-corrected chi connectivity index (χ1v) is 12.4. The summed E-state index contributed by atoms with van der Waals surface area (Å²) < 4.78 is 6.42. The molecule has 0 amide bonds. The van der Waals surface area contributed by atoms with Crippen LogP contribution in [0.2, 0.25) is 0 Å². The van der Waals surface area contributed by atoms with Crippen molar-refractivity contribution in [3.8, 4) is 0 Å². The van der Waals surface area contributed by atoms with Gasteiger partial charge in [-0.05, 0) is 44.1 Å². The lowest BCUT2D eigenvalue weighted by molar-refractivity contribution is -0.122. The van der Waals surface area contributed by atoms with Gasteiger partial charge in [0.1, 0.15) is 0 Å². The molecule has 6 heteroatoms. The van der Waals surface area contributed by atoms with Crippen LogP contribution in [0.25, 0.3) is 0 Å². The highest BCUT2D eigenvalue weighted by Crippen LogP contribution is 2.29. The third-order valence-electron chi connectivity index (χ3n) is 6.44. The van der Waals surface area contributed by atoms with E-state index in [0.717, 1.165) is 29.5 Å². The van der Waals surface area contributed by atoms with Crippen LogP contribution in [0.3, 0.4) is 0 Å². The maximum absolute atomic E-state index is 8.36. The minimum absolute atomic E-state index is 0.250. The number of nitrogens with zero attached hydrogens (tertiary/aromatic N) is 2. The van der Waals surface area contributed by atoms with Crippen LogP contribution >= 0.6 is 11.3 Å². The van der Waals surface area contributed by atoms with Gasteiger partial charge in [-0.3, -0.25) is 4.79 Å². The van der Waals surface area contributed by atoms with E-state index in [1.54, 1.807) is 11.3 Å². The summed E-state index contributed by atoms with van der Waals surface area (Å²) in [7, 11) is 0. The Balaban J connectivity index is 0.000000858. The van der Waals surface area contributed by atoms with Crippen LogP contribution < -0.4 is 0 Å². The Kier molecular flexibility index (Phi) is 9.97. The van der Waals surface area contributed by atoms with E-state index >= 15 is 0 Å². The molecule has 0 bridgehead atoms. The van der Waals surface area contributed by atoms with E-state index < -0.39 is 0 Å². The summed E-state index contributed by atoms with van der Waals surface area (Å²) >= 11 is 1.71. The lowest BCUT2D eigenvalue weighted by atomic mass is 9.85. The quantitative estimate of drug-likeness (QED) is 0.596. The van der Waals surface area contributed by atoms with Gasteiger partial charge >= 0.3 is 0 Å². The number of carbonyl (C=O) groups is 1. The number of aromatic nitrogens is 1. The Morgan fingerprint density at radius 1 is 1.19 bits per heavy atom. The number of rotatable bonds is 7. The molecule has 0 spiro atoms. The van der Waals surface area contributed by atoms with Crippen molar-refractivity contribution in [3.05, 3.63) is 52.0 Å². The molecule has 0 unspecified atom stereocenters. The van der Waals surface area contributed by atoms with E-state index in [1.165, 1.54) is 57.3 Å². The summed E-state index contributed by atoms with van der Waals surface area (Å²) in [6.45, 7) is 6.12. The van der Waals surface area contributed by atoms with Gasteiger partial charge in [0.05, 0.1) is 23.4 Å². The zero-order chi connectivity index (χ0) is 21.9. The van der Waals surface area contributed by atoms with Crippen molar-refractivity contribution < 1.29 is 14.6 Å². The number of ether oxygens (including phenoxy) is 1. The predicted molar refractivity (Wildman–Crippen MR) is 125 cm³/mol. The molecule has 1 saturated heterocycles. The molecule has 1 aliphatic heterocycles. The standard InChI is InChI=1S/C24H34N2OS.CH2O2/c1-19-25-23(18-28-19)17-27-24-12-13-26(15-21-10-6-3-7-11-21)16-22(24)14-20-8-4-2-5-9-20;2-1-3/h2,4-5,8-9,18,21-22,24H,3,6-7,10-17H2,1H3;1H,(H,2,3)/t22-,24+;/m1./s1. The van der Waals surface area contributed by atoms with Gasteiger partial charge in [-0.1, -0.05) is 49.6 Å². The zero-order valence-electron chi connectivity index (χ0n) is 18.6. The monoisotopic (exact) mass is 444 g/mol. The molecule has 1 aliphatic carbocycles. The van der Waals surface area contributed by atoms with Crippen molar-refractivity contribution in [2.24, 2.45) is 11.8 Å². The fraction of sp³-hybridized carbons (Fsp3) is 0.600. The van der Waals surface area contributed by atoms with Crippen molar-refractivity contribution in [2.75, 3.05) is 19.6 Å². The number of hydrogen-bond donors (Lipinski definition) is 1. The van der Waals surface area contributed by atoms with Gasteiger partial charge in [-0.25, -0.2) is 4.98 Å². The molecule has 2 atom stereocenters. The summed E-state index contributed by atoms with van der Waals surface area (Å²) in [4.78, 5) is 15.7. The minimum atomic E-state index is -0.250. The Hall–Kier alpha value is -1.76. The maximum atomic E-state index is 8.36. The SMILES string of the molecule is Cc1nc(CO[C@H]2CCN(CC3CCCCC3)C[C@H]2Cc2ccccc2)cs1.O=CO. The summed E-state index contributed by atoms with van der Waals surface area (Å²) in [6, 6.07) is 11.0. The first-order chi connectivity index (χ1) is 15.2. The minimum Gasteiger partial charge on any atom is -0.483 e. The van der Waals surface area contributed by atoms with Gasteiger partial charge < -0.3 is 14.7 Å². The van der Waals surface area contributed by atoms with Crippen molar-refractivity contribution in [1.29, 1.82) is 0 Å². The fourth-order valence-corrected chi connectivity index (χ4v) is 5.58. The highest BCUT2D eigenvalue weighted by Gasteiger charge is 2.31. The number of thiazole rings is 1. The highest BCUT2D eigenvalue weighted by molar-refractivity contribution is 7.09. The van der Waals surface area contributed by atoms with Crippen molar-refractivity contribution in [1.82, 2.24) is 9.88 Å². The Bertz CT molecular complexity index is 761. The lowest BCUT2D eigenvalue weighted by Gasteiger charge is -2.40. The van der Waals surface area contributed by atoms with E-state index in [0.29, 0.717) is 18.6 Å². The second-order valence-corrected chi connectivity index (χ2v) is 9.88. The number of piperidine rings is 1. The third kappa shape index (κ3) is 8.02. The molecule has 1 saturated carbocycles. The summed E-state index contributed by atoms with van der Waals surface area (Å²) in [5.41, 5.74) is 2.52. The molecule has 170 valence electrons. The molecule has 0 radical (unpaired) electrons. The fourth-order valence-electron chi connectivity index (χ4n) is 4.99. The largest absolute Gasteiger partial charge is 0.483 e. The van der Waals surface area contributed by atoms with Gasteiger partial charge in [0.15, 0.2) is 0 Å². The number of aryl methyl sites for hydroxylation is 1. The van der Waals surface area contributed by atoms with Gasteiger partial charge in [0.2, 0.25) is 0 Å². The molecule has 2 heterocycles. The first kappa shape index (κ1) is 23.9. The third-order valence-corrected chi connectivity index (χ3v) is 7.26. The normalized spacial score (nSPS) is 22.5. The van der Waals surface area contributed by atoms with Crippen molar-refractivity contribution in [3.63, 3.8) is 0 Å². The predicted octanol–water partition coefficient (Wildman–Crippen LogP) is 5.18. The van der Waals surface area contributed by atoms with E-state index in [9.17, 15) is 0 Å². The number of likely N-dealkylation sites (tertiary alicyclic amines) is 1. The summed E-state index contributed by atoms with van der Waals surface area (Å²) in [6.07, 6.45) is 9.78. The van der Waals surface area contributed by atoms with Crippen LogP contribution in [-0.4, -0.2) is 47.2 Å². The number of carboxylic acid groups (broad SMARTS) is 1. The van der Waals surface area contributed by atoms with Crippen LogP contribution in [0.15, 0.2) is 35.7 Å². The van der Waals surface area contributed by atoms with Gasteiger partial charge in [-0.2, -0.15) is 0 Å². The molecular weight excluding hydrogens is 408 g/mol. The van der Waals surface area contributed by atoms with E-state index in [1.807, 2.05) is 0 Å². The molecule has 1 aromatic heterocycles. The molecule has 31 heavy (non-hydrogen) atoms. The number of hydrogen-bond acceptors (Lipinski definition) is 5. The highest BCUT2D eigenvalue weighted by atomic mass is 32.1. The van der Waals surface area contributed by atoms with Crippen LogP contribution in [0.5, 0.6) is 0 Å². The molecule has 5 nitrogen and oxygen atoms in total. The van der Waals surface area contributed by atoms with Gasteiger partial charge in [0, 0.05) is 30.9 Å². The molecule has 2 aromatic rings. The smallest absolute Gasteiger partial charge is 0.290 e. The van der Waals surface area contributed by atoms with Crippen LogP contribution in [0, 0.1) is 18.8 Å². The van der Waals surface area contributed by atoms with Crippen LogP contribution in [0.1, 0.15) is 54.8 Å². The zero-order valence-corrected chi connectivity index (χ0v) is 19.4. The molecular formula is C25H36N2O3S. The van der Waals surface area contributed by atoms with E-state index in [-0.39, 0.29) is 6.47 Å². The summed E-state index contributed by atoms with van der Waals surface area (Å²) in [5, 5.41) is 10.2. The van der Waals surface area contributed by atoms with Gasteiger partial charge in [-0.15, -0.1) is 11.3 Å². The molecule has 2 aliphatic rings. The molecule has 1 N–H and O–H groups in total. The summed E-state index contributed by atoms with van der Waals surface area (Å²) in [5.74, 6) is 1.49. The van der Waals surface area contributed by atoms with Crippen LogP contribution in [0.4, 0.5) is 0 Å². The van der Waals surface area contributed by atoms with E-state index in [2.05, 4.69) is 52.5 Å². The first-order valence-electron chi connectivity index (χ1n) is 11.5. The average molecular weight is 445 g/mol. The average Bonchev–Trinajstić information content (AvgIpc) is 3.20. The number of benzene rings is 1. The lowest BCUT2D eigenvalue weighted by Crippen LogP contribution is -2.46. The van der Waals surface area contributed by atoms with Crippen molar-refractivity contribution >= 4 is 17.8 Å². The second kappa shape index (κ2) is 12.9.